The van der Waals surface area contributed by atoms with Crippen LogP contribution in [0.15, 0.2) is 30.3 Å². The topological polar surface area (TPSA) is 81.1 Å². The summed E-state index contributed by atoms with van der Waals surface area (Å²) in [5.74, 6) is 4.60. The van der Waals surface area contributed by atoms with E-state index in [2.05, 4.69) is 0 Å². The molecule has 15 heavy (non-hydrogen) atoms. The van der Waals surface area contributed by atoms with E-state index < -0.39 is 6.04 Å². The fourth-order valence-corrected chi connectivity index (χ4v) is 1.07. The van der Waals surface area contributed by atoms with Gasteiger partial charge in [0.1, 0.15) is 0 Å². The van der Waals surface area contributed by atoms with E-state index in [9.17, 15) is 4.79 Å². The second kappa shape index (κ2) is 8.84. The summed E-state index contributed by atoms with van der Waals surface area (Å²) in [4.78, 5) is 11.0. The van der Waals surface area contributed by atoms with E-state index in [1.54, 1.807) is 0 Å². The second-order valence-electron chi connectivity index (χ2n) is 2.80. The Labute approximate surface area is 110 Å². The van der Waals surface area contributed by atoms with Crippen molar-refractivity contribution in [3.05, 3.63) is 35.9 Å². The van der Waals surface area contributed by atoms with Crippen LogP contribution in [0.5, 0.6) is 0 Å². The predicted octanol–water partition coefficient (Wildman–Crippen LogP) is 0.702. The van der Waals surface area contributed by atoms with Crippen molar-refractivity contribution >= 4 is 39.9 Å². The number of hydrogen-bond acceptors (Lipinski definition) is 3. The fourth-order valence-electron chi connectivity index (χ4n) is 1.07. The van der Waals surface area contributed by atoms with Crippen molar-refractivity contribution in [2.24, 2.45) is 11.6 Å². The Morgan fingerprint density at radius 2 is 1.80 bits per heavy atom. The molecule has 1 rings (SSSR count). The number of nitrogens with two attached hydrogens (primary N) is 2. The highest BCUT2D eigenvalue weighted by molar-refractivity contribution is 8.93. The van der Waals surface area contributed by atoms with Crippen LogP contribution in [-0.2, 0) is 11.2 Å². The van der Waals surface area contributed by atoms with E-state index in [1.165, 1.54) is 0 Å². The highest BCUT2D eigenvalue weighted by atomic mass is 79.9. The van der Waals surface area contributed by atoms with Crippen LogP contribution in [0.3, 0.4) is 0 Å². The molecule has 0 aromatic heterocycles. The molecule has 0 bridgehead atoms. The van der Waals surface area contributed by atoms with E-state index in [0.29, 0.717) is 6.42 Å². The van der Waals surface area contributed by atoms with E-state index in [-0.39, 0.29) is 39.9 Å². The monoisotopic (exact) mass is 339 g/mol. The van der Waals surface area contributed by atoms with Gasteiger partial charge in [-0.2, -0.15) is 0 Å². The molecule has 1 atom stereocenters. The Morgan fingerprint density at radius 1 is 1.27 bits per heavy atom. The first kappa shape index (κ1) is 17.0. The molecule has 0 heterocycles. The van der Waals surface area contributed by atoms with Gasteiger partial charge in [0.15, 0.2) is 0 Å². The molecule has 0 radical (unpaired) electrons. The van der Waals surface area contributed by atoms with Gasteiger partial charge in [-0.1, -0.05) is 30.3 Å². The van der Waals surface area contributed by atoms with Crippen LogP contribution >= 0.6 is 34.0 Å². The van der Waals surface area contributed by atoms with Crippen LogP contribution in [-0.4, -0.2) is 11.9 Å². The Balaban J connectivity index is 0. The number of rotatable bonds is 3. The molecule has 0 unspecified atom stereocenters. The zero-order valence-electron chi connectivity index (χ0n) is 8.05. The van der Waals surface area contributed by atoms with Crippen molar-refractivity contribution in [1.29, 1.82) is 0 Å². The number of benzene rings is 1. The first-order chi connectivity index (χ1) is 6.24. The van der Waals surface area contributed by atoms with Gasteiger partial charge in [0.25, 0.3) is 5.91 Å². The smallest absolute Gasteiger partial charge is 0.251 e. The molecule has 1 aromatic carbocycles. The minimum absolute atomic E-state index is 0. The largest absolute Gasteiger partial charge is 0.320 e. The van der Waals surface area contributed by atoms with E-state index >= 15 is 0 Å². The van der Waals surface area contributed by atoms with Crippen molar-refractivity contribution in [2.45, 2.75) is 12.5 Å². The van der Waals surface area contributed by atoms with Gasteiger partial charge in [-0.05, 0) is 12.0 Å². The molecule has 0 aliphatic carbocycles. The number of amides is 1. The van der Waals surface area contributed by atoms with Gasteiger partial charge in [0, 0.05) is 0 Å². The first-order valence-electron chi connectivity index (χ1n) is 4.04. The van der Waals surface area contributed by atoms with E-state index in [1.807, 2.05) is 35.8 Å². The molecule has 4 nitrogen and oxygen atoms in total. The molecule has 1 aromatic rings. The lowest BCUT2D eigenvalue weighted by Crippen LogP contribution is -2.45. The minimum atomic E-state index is -0.576. The molecule has 0 fully saturated rings. The van der Waals surface area contributed by atoms with Gasteiger partial charge < -0.3 is 5.73 Å². The van der Waals surface area contributed by atoms with Crippen molar-refractivity contribution in [1.82, 2.24) is 5.43 Å². The number of hydrogen-bond donors (Lipinski definition) is 3. The number of halogens is 2. The van der Waals surface area contributed by atoms with Crippen LogP contribution in [0, 0.1) is 0 Å². The molecule has 0 aliphatic rings. The summed E-state index contributed by atoms with van der Waals surface area (Å²) in [6, 6.07) is 8.99. The van der Waals surface area contributed by atoms with Crippen molar-refractivity contribution in [2.75, 3.05) is 0 Å². The van der Waals surface area contributed by atoms with Crippen LogP contribution in [0.1, 0.15) is 5.56 Å². The fraction of sp³-hybridized carbons (Fsp3) is 0.222. The summed E-state index contributed by atoms with van der Waals surface area (Å²) >= 11 is 0. The third-order valence-corrected chi connectivity index (χ3v) is 1.78. The Morgan fingerprint density at radius 3 is 2.27 bits per heavy atom. The number of carbonyl (C=O) groups is 1. The zero-order valence-corrected chi connectivity index (χ0v) is 11.5. The van der Waals surface area contributed by atoms with Crippen molar-refractivity contribution in [3.63, 3.8) is 0 Å². The van der Waals surface area contributed by atoms with Gasteiger partial charge in [-0.3, -0.25) is 10.2 Å². The lowest BCUT2D eigenvalue weighted by atomic mass is 10.1. The van der Waals surface area contributed by atoms with E-state index in [4.69, 9.17) is 11.6 Å². The zero-order chi connectivity index (χ0) is 9.68. The maximum absolute atomic E-state index is 11.0. The standard InChI is InChI=1S/C9H13N3O.2BrH/c10-8(9(13)12-11)6-7-4-2-1-3-5-7;;/h1-5,8H,6,10-11H2,(H,12,13);2*1H/t8-;;/m0../s1. The van der Waals surface area contributed by atoms with Gasteiger partial charge in [-0.25, -0.2) is 5.84 Å². The second-order valence-corrected chi connectivity index (χ2v) is 2.80. The number of nitrogens with one attached hydrogen (secondary N) is 1. The Kier molecular flexibility index (Phi) is 10.0. The van der Waals surface area contributed by atoms with Crippen LogP contribution in [0.2, 0.25) is 0 Å². The van der Waals surface area contributed by atoms with E-state index in [0.717, 1.165) is 5.56 Å². The Bertz CT molecular complexity index is 282. The van der Waals surface area contributed by atoms with Crippen LogP contribution < -0.4 is 17.0 Å². The van der Waals surface area contributed by atoms with Gasteiger partial charge in [0.2, 0.25) is 0 Å². The predicted molar refractivity (Wildman–Crippen MR) is 71.1 cm³/mol. The quantitative estimate of drug-likeness (QED) is 0.430. The first-order valence-corrected chi connectivity index (χ1v) is 4.04. The molecule has 0 saturated carbocycles. The minimum Gasteiger partial charge on any atom is -0.320 e. The molecule has 86 valence electrons. The molecule has 0 aliphatic heterocycles. The molecular weight excluding hydrogens is 326 g/mol. The number of carbonyl (C=O) groups excluding carboxylic acids is 1. The highest BCUT2D eigenvalue weighted by Gasteiger charge is 2.11. The summed E-state index contributed by atoms with van der Waals surface area (Å²) < 4.78 is 0. The maximum atomic E-state index is 11.0. The van der Waals surface area contributed by atoms with Gasteiger partial charge in [-0.15, -0.1) is 34.0 Å². The molecule has 6 heteroatoms. The Hall–Kier alpha value is -0.430. The summed E-state index contributed by atoms with van der Waals surface area (Å²) in [6.45, 7) is 0. The SMILES string of the molecule is Br.Br.NNC(=O)[C@@H](N)Cc1ccccc1. The van der Waals surface area contributed by atoms with Gasteiger partial charge >= 0.3 is 0 Å². The third kappa shape index (κ3) is 5.88. The molecule has 0 spiro atoms. The lowest BCUT2D eigenvalue weighted by Gasteiger charge is -2.08. The van der Waals surface area contributed by atoms with Crippen LogP contribution in [0.25, 0.3) is 0 Å². The lowest BCUT2D eigenvalue weighted by molar-refractivity contribution is -0.122. The third-order valence-electron chi connectivity index (χ3n) is 1.78. The highest BCUT2D eigenvalue weighted by Crippen LogP contribution is 2.01. The van der Waals surface area contributed by atoms with Gasteiger partial charge in [0.05, 0.1) is 6.04 Å². The molecule has 5 N–H and O–H groups in total. The molecule has 0 saturated heterocycles. The average molecular weight is 341 g/mol. The molecular formula is C9H15Br2N3O. The molecule has 1 amide bonds. The number of hydrazine groups is 1. The van der Waals surface area contributed by atoms with Crippen molar-refractivity contribution < 1.29 is 4.79 Å². The summed E-state index contributed by atoms with van der Waals surface area (Å²) in [7, 11) is 0. The summed E-state index contributed by atoms with van der Waals surface area (Å²) in [5.41, 5.74) is 8.62. The maximum Gasteiger partial charge on any atom is 0.251 e. The average Bonchev–Trinajstić information content (AvgIpc) is 2.18. The summed E-state index contributed by atoms with van der Waals surface area (Å²) in [5, 5.41) is 0. The summed E-state index contributed by atoms with van der Waals surface area (Å²) in [6.07, 6.45) is 0.504. The van der Waals surface area contributed by atoms with Crippen LogP contribution in [0.4, 0.5) is 0 Å². The normalized spacial score (nSPS) is 10.5. The van der Waals surface area contributed by atoms with Crippen molar-refractivity contribution in [3.8, 4) is 0 Å².